The Morgan fingerprint density at radius 3 is 2.19 bits per heavy atom. The zero-order valence-corrected chi connectivity index (χ0v) is 14.3. The van der Waals surface area contributed by atoms with E-state index in [0.29, 0.717) is 5.56 Å². The number of para-hydroxylation sites is 1. The Morgan fingerprint density at radius 1 is 1.05 bits per heavy atom. The molecule has 2 rings (SSSR count). The molecule has 0 spiro atoms. The summed E-state index contributed by atoms with van der Waals surface area (Å²) in [7, 11) is 0. The first-order chi connectivity index (χ1) is 10.1. The number of carbonyl (C=O) groups excluding carboxylic acids is 1. The predicted octanol–water partition coefficient (Wildman–Crippen LogP) is 5.13. The van der Waals surface area contributed by atoms with Gasteiger partial charge in [0, 0.05) is 10.2 Å². The van der Waals surface area contributed by atoms with Crippen LogP contribution in [-0.4, -0.2) is 5.91 Å². The lowest BCUT2D eigenvalue weighted by molar-refractivity contribution is 0.102. The van der Waals surface area contributed by atoms with Crippen molar-refractivity contribution in [2.24, 2.45) is 0 Å². The number of hydrogen-bond donors (Lipinski definition) is 1. The summed E-state index contributed by atoms with van der Waals surface area (Å²) in [4.78, 5) is 12.6. The molecule has 0 heterocycles. The fourth-order valence-corrected chi connectivity index (χ4v) is 2.85. The van der Waals surface area contributed by atoms with Crippen LogP contribution in [0.25, 0.3) is 0 Å². The van der Waals surface area contributed by atoms with Gasteiger partial charge in [0.25, 0.3) is 5.91 Å². The lowest BCUT2D eigenvalue weighted by Gasteiger charge is -2.15. The Kier molecular flexibility index (Phi) is 5.18. The molecule has 21 heavy (non-hydrogen) atoms. The van der Waals surface area contributed by atoms with Crippen molar-refractivity contribution in [1.29, 1.82) is 0 Å². The maximum atomic E-state index is 12.6. The zero-order chi connectivity index (χ0) is 15.4. The van der Waals surface area contributed by atoms with E-state index in [1.54, 1.807) is 0 Å². The molecular weight excluding hydrogens is 326 g/mol. The molecule has 3 heteroatoms. The van der Waals surface area contributed by atoms with Crippen molar-refractivity contribution in [1.82, 2.24) is 0 Å². The van der Waals surface area contributed by atoms with E-state index in [2.05, 4.69) is 53.3 Å². The number of hydrogen-bond acceptors (Lipinski definition) is 1. The molecule has 0 fully saturated rings. The molecule has 0 unspecified atom stereocenters. The van der Waals surface area contributed by atoms with Crippen molar-refractivity contribution in [2.75, 3.05) is 5.32 Å². The molecule has 2 aromatic rings. The summed E-state index contributed by atoms with van der Waals surface area (Å²) in [5.41, 5.74) is 5.03. The second-order valence-electron chi connectivity index (χ2n) is 5.05. The first kappa shape index (κ1) is 15.8. The van der Waals surface area contributed by atoms with Crippen LogP contribution in [0.5, 0.6) is 0 Å². The van der Waals surface area contributed by atoms with Crippen molar-refractivity contribution >= 4 is 27.5 Å². The van der Waals surface area contributed by atoms with Crippen LogP contribution in [0.2, 0.25) is 0 Å². The highest BCUT2D eigenvalue weighted by atomic mass is 79.9. The van der Waals surface area contributed by atoms with Crippen molar-refractivity contribution in [3.05, 3.63) is 63.1 Å². The molecule has 1 amide bonds. The lowest BCUT2D eigenvalue weighted by atomic mass is 10.0. The van der Waals surface area contributed by atoms with Gasteiger partial charge in [0.15, 0.2) is 0 Å². The van der Waals surface area contributed by atoms with E-state index in [1.807, 2.05) is 25.1 Å². The van der Waals surface area contributed by atoms with Gasteiger partial charge < -0.3 is 5.32 Å². The second kappa shape index (κ2) is 6.90. The van der Waals surface area contributed by atoms with Gasteiger partial charge in [-0.25, -0.2) is 0 Å². The smallest absolute Gasteiger partial charge is 0.256 e. The molecule has 0 saturated heterocycles. The molecule has 110 valence electrons. The van der Waals surface area contributed by atoms with Gasteiger partial charge >= 0.3 is 0 Å². The minimum Gasteiger partial charge on any atom is -0.321 e. The summed E-state index contributed by atoms with van der Waals surface area (Å²) in [5, 5.41) is 3.10. The van der Waals surface area contributed by atoms with E-state index in [4.69, 9.17) is 0 Å². The SMILES string of the molecule is CCc1cccc(CC)c1NC(=O)c1cccc(C)c1Br. The number of nitrogens with one attached hydrogen (secondary N) is 1. The largest absolute Gasteiger partial charge is 0.321 e. The Balaban J connectivity index is 2.38. The molecule has 0 aliphatic rings. The highest BCUT2D eigenvalue weighted by Crippen LogP contribution is 2.26. The summed E-state index contributed by atoms with van der Waals surface area (Å²) in [5.74, 6) is -0.0684. The van der Waals surface area contributed by atoms with Gasteiger partial charge in [-0.1, -0.05) is 44.2 Å². The Labute approximate surface area is 134 Å². The molecular formula is C18H20BrNO. The molecule has 2 nitrogen and oxygen atoms in total. The Hall–Kier alpha value is -1.61. The quantitative estimate of drug-likeness (QED) is 0.816. The van der Waals surface area contributed by atoms with E-state index in [-0.39, 0.29) is 5.91 Å². The number of anilines is 1. The summed E-state index contributed by atoms with van der Waals surface area (Å²) in [6.07, 6.45) is 1.80. The van der Waals surface area contributed by atoms with E-state index < -0.39 is 0 Å². The van der Waals surface area contributed by atoms with Crippen LogP contribution >= 0.6 is 15.9 Å². The summed E-state index contributed by atoms with van der Waals surface area (Å²) >= 11 is 3.50. The van der Waals surface area contributed by atoms with Gasteiger partial charge in [0.1, 0.15) is 0 Å². The standard InChI is InChI=1S/C18H20BrNO/c1-4-13-9-7-10-14(5-2)17(13)20-18(21)15-11-6-8-12(3)16(15)19/h6-11H,4-5H2,1-3H3,(H,20,21). The van der Waals surface area contributed by atoms with Crippen LogP contribution < -0.4 is 5.32 Å². The van der Waals surface area contributed by atoms with E-state index >= 15 is 0 Å². The van der Waals surface area contributed by atoms with Gasteiger partial charge in [-0.2, -0.15) is 0 Å². The van der Waals surface area contributed by atoms with E-state index in [0.717, 1.165) is 28.6 Å². The molecule has 0 aliphatic carbocycles. The second-order valence-corrected chi connectivity index (χ2v) is 5.84. The average Bonchev–Trinajstić information content (AvgIpc) is 2.50. The molecule has 2 aromatic carbocycles. The first-order valence-electron chi connectivity index (χ1n) is 7.25. The third-order valence-corrected chi connectivity index (χ3v) is 4.73. The van der Waals surface area contributed by atoms with Crippen LogP contribution in [-0.2, 0) is 12.8 Å². The van der Waals surface area contributed by atoms with Crippen molar-refractivity contribution in [3.8, 4) is 0 Å². The normalized spacial score (nSPS) is 10.5. The molecule has 0 bridgehead atoms. The van der Waals surface area contributed by atoms with Crippen LogP contribution in [0.4, 0.5) is 5.69 Å². The maximum Gasteiger partial charge on any atom is 0.256 e. The minimum absolute atomic E-state index is 0.0684. The van der Waals surface area contributed by atoms with Crippen LogP contribution in [0, 0.1) is 6.92 Å². The summed E-state index contributed by atoms with van der Waals surface area (Å²) in [6.45, 7) is 6.19. The fourth-order valence-electron chi connectivity index (χ4n) is 2.41. The molecule has 0 aliphatic heterocycles. The Bertz CT molecular complexity index is 642. The van der Waals surface area contributed by atoms with Crippen molar-refractivity contribution in [3.63, 3.8) is 0 Å². The number of aryl methyl sites for hydroxylation is 3. The minimum atomic E-state index is -0.0684. The topological polar surface area (TPSA) is 29.1 Å². The molecule has 0 aromatic heterocycles. The third kappa shape index (κ3) is 3.35. The predicted molar refractivity (Wildman–Crippen MR) is 92.0 cm³/mol. The summed E-state index contributed by atoms with van der Waals surface area (Å²) in [6, 6.07) is 11.9. The highest BCUT2D eigenvalue weighted by molar-refractivity contribution is 9.10. The maximum absolute atomic E-state index is 12.6. The average molecular weight is 346 g/mol. The monoisotopic (exact) mass is 345 g/mol. The van der Waals surface area contributed by atoms with E-state index in [9.17, 15) is 4.79 Å². The molecule has 0 atom stereocenters. The highest BCUT2D eigenvalue weighted by Gasteiger charge is 2.14. The van der Waals surface area contributed by atoms with Crippen LogP contribution in [0.15, 0.2) is 40.9 Å². The number of carbonyl (C=O) groups is 1. The van der Waals surface area contributed by atoms with Gasteiger partial charge in [-0.05, 0) is 58.5 Å². The van der Waals surface area contributed by atoms with Gasteiger partial charge in [0.2, 0.25) is 0 Å². The molecule has 0 saturated carbocycles. The van der Waals surface area contributed by atoms with Gasteiger partial charge in [-0.3, -0.25) is 4.79 Å². The van der Waals surface area contributed by atoms with Crippen LogP contribution in [0.3, 0.4) is 0 Å². The zero-order valence-electron chi connectivity index (χ0n) is 12.7. The number of benzene rings is 2. The first-order valence-corrected chi connectivity index (χ1v) is 8.05. The number of rotatable bonds is 4. The Morgan fingerprint density at radius 2 is 1.62 bits per heavy atom. The lowest BCUT2D eigenvalue weighted by Crippen LogP contribution is -2.15. The van der Waals surface area contributed by atoms with Crippen molar-refractivity contribution < 1.29 is 4.79 Å². The van der Waals surface area contributed by atoms with Crippen molar-refractivity contribution in [2.45, 2.75) is 33.6 Å². The fraction of sp³-hybridized carbons (Fsp3) is 0.278. The van der Waals surface area contributed by atoms with E-state index in [1.165, 1.54) is 11.1 Å². The number of halogens is 1. The van der Waals surface area contributed by atoms with Gasteiger partial charge in [0.05, 0.1) is 5.56 Å². The molecule has 1 N–H and O–H groups in total. The number of amides is 1. The van der Waals surface area contributed by atoms with Gasteiger partial charge in [-0.15, -0.1) is 0 Å². The molecule has 0 radical (unpaired) electrons. The summed E-state index contributed by atoms with van der Waals surface area (Å²) < 4.78 is 0.856. The third-order valence-electron chi connectivity index (χ3n) is 3.67. The van der Waals surface area contributed by atoms with Crippen LogP contribution in [0.1, 0.15) is 40.9 Å².